The molecule has 4 aromatic heterocycles. The maximum atomic E-state index is 8.84. The Morgan fingerprint density at radius 2 is 1.41 bits per heavy atom. The minimum atomic E-state index is -2.47. The Kier molecular flexibility index (Phi) is 10.1. The predicted molar refractivity (Wildman–Crippen MR) is 259 cm³/mol. The molecule has 0 aliphatic rings. The van der Waals surface area contributed by atoms with E-state index in [1.165, 1.54) is 11.4 Å². The van der Waals surface area contributed by atoms with Gasteiger partial charge in [0.2, 0.25) is 0 Å². The maximum absolute atomic E-state index is 8.84. The first kappa shape index (κ1) is 36.2. The number of hydrogen-bond acceptors (Lipinski definition) is 4. The molecule has 0 aliphatic carbocycles. The molecule has 0 spiro atoms. The van der Waals surface area contributed by atoms with E-state index in [2.05, 4.69) is 116 Å². The van der Waals surface area contributed by atoms with Crippen LogP contribution in [-0.4, -0.2) is 18.0 Å². The van der Waals surface area contributed by atoms with E-state index < -0.39 is 26.7 Å². The molecule has 0 fully saturated rings. The predicted octanol–water partition coefficient (Wildman–Crippen LogP) is 15.1. The molecule has 61 heavy (non-hydrogen) atoms. The molecule has 4 heterocycles. The van der Waals surface area contributed by atoms with Crippen molar-refractivity contribution < 1.29 is 31.4 Å². The minimum Gasteiger partial charge on any atom is -0.477 e. The van der Waals surface area contributed by atoms with E-state index in [0.717, 1.165) is 81.2 Å². The molecule has 0 N–H and O–H groups in total. The molecule has 0 aliphatic heterocycles. The van der Waals surface area contributed by atoms with Gasteiger partial charge >= 0.3 is 0 Å². The Balaban J connectivity index is 0.000000180. The van der Waals surface area contributed by atoms with E-state index in [9.17, 15) is 0 Å². The number of aryl methyl sites for hydroxylation is 1. The van der Waals surface area contributed by atoms with Crippen LogP contribution >= 0.6 is 11.3 Å². The Hall–Kier alpha value is -5.49. The summed E-state index contributed by atoms with van der Waals surface area (Å²) in [7, 11) is -1.39. The minimum absolute atomic E-state index is 0. The van der Waals surface area contributed by atoms with Crippen molar-refractivity contribution in [2.45, 2.75) is 53.6 Å². The summed E-state index contributed by atoms with van der Waals surface area (Å²) < 4.78 is 49.9. The Bertz CT molecular complexity index is 3350. The third-order valence-electron chi connectivity index (χ3n) is 10.6. The van der Waals surface area contributed by atoms with Crippen LogP contribution in [0.2, 0.25) is 19.6 Å². The Morgan fingerprint density at radius 1 is 0.689 bits per heavy atom. The van der Waals surface area contributed by atoms with Crippen LogP contribution in [0.3, 0.4) is 0 Å². The molecule has 0 saturated carbocycles. The molecule has 3 nitrogen and oxygen atoms in total. The first-order valence-electron chi connectivity index (χ1n) is 22.7. The molecule has 305 valence electrons. The molecule has 0 saturated heterocycles. The van der Waals surface area contributed by atoms with Gasteiger partial charge in [0.15, 0.2) is 0 Å². The number of rotatable bonds is 6. The van der Waals surface area contributed by atoms with Gasteiger partial charge in [0.1, 0.15) is 5.58 Å². The van der Waals surface area contributed by atoms with E-state index >= 15 is 0 Å². The monoisotopic (exact) mass is 1010 g/mol. The van der Waals surface area contributed by atoms with Crippen LogP contribution < -0.4 is 5.19 Å². The molecular weight excluding hydrogens is 957 g/mol. The molecule has 10 aromatic rings. The summed E-state index contributed by atoms with van der Waals surface area (Å²) in [4.78, 5) is 9.33. The Labute approximate surface area is 384 Å². The number of benzene rings is 6. The van der Waals surface area contributed by atoms with Crippen LogP contribution in [0.1, 0.15) is 38.8 Å². The number of aromatic nitrogens is 2. The van der Waals surface area contributed by atoms with Crippen LogP contribution in [0, 0.1) is 24.4 Å². The fourth-order valence-corrected chi connectivity index (χ4v) is 9.86. The summed E-state index contributed by atoms with van der Waals surface area (Å²) in [6, 6.07) is 54.2. The van der Waals surface area contributed by atoms with E-state index in [-0.39, 0.29) is 31.2 Å². The average Bonchev–Trinajstić information content (AvgIpc) is 3.86. The van der Waals surface area contributed by atoms with E-state index in [1.807, 2.05) is 60.8 Å². The average molecular weight is 1010 g/mol. The fourth-order valence-electron chi connectivity index (χ4n) is 7.57. The van der Waals surface area contributed by atoms with Gasteiger partial charge in [0.25, 0.3) is 0 Å². The third-order valence-corrected chi connectivity index (χ3v) is 13.8. The van der Waals surface area contributed by atoms with Gasteiger partial charge in [-0.2, -0.15) is 11.3 Å². The van der Waals surface area contributed by atoms with Crippen LogP contribution in [0.15, 0.2) is 156 Å². The first-order valence-corrected chi connectivity index (χ1v) is 24.5. The van der Waals surface area contributed by atoms with Gasteiger partial charge in [-0.25, -0.2) is 0 Å². The number of fused-ring (bicyclic) bond motifs is 6. The molecule has 0 unspecified atom stereocenters. The van der Waals surface area contributed by atoms with Crippen molar-refractivity contribution >= 4 is 66.7 Å². The van der Waals surface area contributed by atoms with Crippen LogP contribution in [0.5, 0.6) is 0 Å². The zero-order chi connectivity index (χ0) is 45.9. The SMILES string of the molecule is C[Si](C)(C)c1ccc(-c2[c-]c3oc4ccccc4c3cc2-c2ccccc2)nc1.[2H]C([2H])([2H])c1cnc(-c2[c-]ccc3c2sc2cc(-c4ccccc4)ccc23)cc1C([2H])([2H])C(C)(C)C.[Ir]. The summed E-state index contributed by atoms with van der Waals surface area (Å²) in [5.41, 5.74) is 8.68. The number of furan rings is 1. The Morgan fingerprint density at radius 3 is 2.11 bits per heavy atom. The van der Waals surface area contributed by atoms with Gasteiger partial charge < -0.3 is 14.4 Å². The molecule has 0 bridgehead atoms. The molecule has 10 rings (SSSR count). The molecular formula is C55H48IrN2OSSi-2. The summed E-state index contributed by atoms with van der Waals surface area (Å²) in [6.07, 6.45) is 1.47. The van der Waals surface area contributed by atoms with E-state index in [0.29, 0.717) is 5.69 Å². The zero-order valence-corrected chi connectivity index (χ0v) is 39.2. The van der Waals surface area contributed by atoms with Crippen molar-refractivity contribution in [2.75, 3.05) is 0 Å². The van der Waals surface area contributed by atoms with Crippen molar-refractivity contribution in [1.29, 1.82) is 0 Å². The van der Waals surface area contributed by atoms with E-state index in [1.54, 1.807) is 38.2 Å². The van der Waals surface area contributed by atoms with E-state index in [4.69, 9.17) is 16.3 Å². The third kappa shape index (κ3) is 8.82. The van der Waals surface area contributed by atoms with Crippen LogP contribution in [0.4, 0.5) is 0 Å². The standard InChI is InChI=1S/C29H26NS.C26H22NOSi.Ir/c1-19-18-30-26(15-22(19)17-29(2,3)4)25-12-8-11-24-23-14-13-21(16-27(23)31-28(24)25)20-9-6-5-7-10-20;1-29(2,3)19-13-14-24(27-17-19)22-16-26-23(20-11-7-8-12-25(20)28-26)15-21(22)18-9-5-4-6-10-18;/h5-11,13-16,18H,17H2,1-4H3;4-15,17H,1-3H3;/q2*-1;/i1D3,17D2;;. The fraction of sp³-hybridized carbons (Fsp3) is 0.164. The van der Waals surface area contributed by atoms with Crippen LogP contribution in [0.25, 0.3) is 86.9 Å². The van der Waals surface area contributed by atoms with Gasteiger partial charge in [0, 0.05) is 44.1 Å². The van der Waals surface area contributed by atoms with Crippen molar-refractivity contribution in [3.8, 4) is 44.8 Å². The summed E-state index contributed by atoms with van der Waals surface area (Å²) in [5.74, 6) is 0. The van der Waals surface area contributed by atoms with Crippen molar-refractivity contribution in [2.24, 2.45) is 5.41 Å². The van der Waals surface area contributed by atoms with Gasteiger partial charge in [-0.3, -0.25) is 0 Å². The van der Waals surface area contributed by atoms with Gasteiger partial charge in [0.05, 0.1) is 13.7 Å². The molecule has 1 radical (unpaired) electrons. The van der Waals surface area contributed by atoms with Gasteiger partial charge in [-0.05, 0) is 79.5 Å². The topological polar surface area (TPSA) is 38.9 Å². The molecule has 6 aromatic carbocycles. The molecule has 0 atom stereocenters. The number of hydrogen-bond donors (Lipinski definition) is 0. The second-order valence-electron chi connectivity index (χ2n) is 17.2. The zero-order valence-electron chi connectivity index (χ0n) is 40.0. The molecule has 6 heteroatoms. The summed E-state index contributed by atoms with van der Waals surface area (Å²) in [5, 5.41) is 5.76. The smallest absolute Gasteiger partial charge is 0.123 e. The first-order chi connectivity index (χ1) is 30.9. The van der Waals surface area contributed by atoms with Crippen molar-refractivity contribution in [1.82, 2.24) is 9.97 Å². The number of pyridine rings is 2. The quantitative estimate of drug-likeness (QED) is 0.123. The maximum Gasteiger partial charge on any atom is 0.123 e. The largest absolute Gasteiger partial charge is 0.477 e. The normalized spacial score (nSPS) is 13.4. The van der Waals surface area contributed by atoms with Crippen molar-refractivity contribution in [3.63, 3.8) is 0 Å². The van der Waals surface area contributed by atoms with Gasteiger partial charge in [-0.1, -0.05) is 183 Å². The molecule has 0 amide bonds. The van der Waals surface area contributed by atoms with Crippen LogP contribution in [-0.2, 0) is 26.5 Å². The number of thiophene rings is 1. The summed E-state index contributed by atoms with van der Waals surface area (Å²) >= 11 is 1.64. The second-order valence-corrected chi connectivity index (χ2v) is 23.3. The second kappa shape index (κ2) is 17.1. The van der Waals surface area contributed by atoms with Crippen molar-refractivity contribution in [3.05, 3.63) is 175 Å². The number of para-hydroxylation sites is 1. The number of nitrogens with zero attached hydrogens (tertiary/aromatic N) is 2. The van der Waals surface area contributed by atoms with Gasteiger partial charge in [-0.15, -0.1) is 35.4 Å². The summed E-state index contributed by atoms with van der Waals surface area (Å²) in [6.45, 7) is 9.88.